The van der Waals surface area contributed by atoms with Crippen molar-refractivity contribution in [3.63, 3.8) is 0 Å². The zero-order chi connectivity index (χ0) is 38.5. The van der Waals surface area contributed by atoms with Crippen LogP contribution in [0, 0.1) is 0 Å². The number of aliphatic carboxylic acids is 2. The quantitative estimate of drug-likeness (QED) is 0.0312. The van der Waals surface area contributed by atoms with Gasteiger partial charge < -0.3 is 39.5 Å². The summed E-state index contributed by atoms with van der Waals surface area (Å²) in [6, 6.07) is 0. The van der Waals surface area contributed by atoms with Gasteiger partial charge in [-0.15, -0.1) is 0 Å². The molecule has 296 valence electrons. The maximum atomic E-state index is 11.0. The van der Waals surface area contributed by atoms with Crippen molar-refractivity contribution in [2.45, 2.75) is 177 Å². The van der Waals surface area contributed by atoms with Crippen LogP contribution in [0.2, 0.25) is 8.87 Å². The van der Waals surface area contributed by atoms with Crippen molar-refractivity contribution < 1.29 is 49.1 Å². The van der Waals surface area contributed by atoms with E-state index < -0.39 is 23.9 Å². The fourth-order valence-corrected chi connectivity index (χ4v) is 8.86. The number of unbranched alkanes of at least 4 members (excludes halogenated alkanes) is 20. The van der Waals surface area contributed by atoms with Crippen molar-refractivity contribution in [2.24, 2.45) is 0 Å². The summed E-state index contributed by atoms with van der Waals surface area (Å²) in [4.78, 5) is 42.2. The van der Waals surface area contributed by atoms with E-state index in [1.165, 1.54) is 89.9 Å². The van der Waals surface area contributed by atoms with Crippen LogP contribution in [0.1, 0.15) is 168 Å². The largest absolute Gasteiger partial charge is 0.545 e. The predicted molar refractivity (Wildman–Crippen MR) is 202 cm³/mol. The zero-order valence-corrected chi connectivity index (χ0v) is 35.0. The predicted octanol–water partition coefficient (Wildman–Crippen LogP) is 6.59. The molecule has 0 fully saturated rings. The van der Waals surface area contributed by atoms with Crippen LogP contribution in [0.3, 0.4) is 0 Å². The van der Waals surface area contributed by atoms with Crippen LogP contribution in [-0.4, -0.2) is 81.7 Å². The average molecular weight is 832 g/mol. The van der Waals surface area contributed by atoms with Gasteiger partial charge in [-0.05, 0) is 37.8 Å². The van der Waals surface area contributed by atoms with Crippen LogP contribution in [0.15, 0.2) is 24.3 Å². The average Bonchev–Trinajstić information content (AvgIpc) is 3.11. The van der Waals surface area contributed by atoms with Crippen LogP contribution >= 0.6 is 0 Å². The Labute approximate surface area is 320 Å². The minimum atomic E-state index is -1.40. The number of esters is 2. The van der Waals surface area contributed by atoms with Gasteiger partial charge in [-0.1, -0.05) is 103 Å². The van der Waals surface area contributed by atoms with Crippen molar-refractivity contribution in [3.8, 4) is 0 Å². The molecule has 0 spiro atoms. The number of rotatable bonds is 34. The van der Waals surface area contributed by atoms with Crippen LogP contribution in [-0.2, 0) is 28.7 Å². The standard InChI is InChI=1S/2C16H28O5.2C4H9.Sn/c2*17-13-9-7-5-3-1-2-4-6-8-10-14-21-16(20)12-11-15(18)19;2*1-3-4-2;/h2*11-12,17H,1-10,13-14H2,(H,18,19);2*1,3-4H2,2H3;/q;;;;+2/p-2/b2*12-11-;;;. The third-order valence-corrected chi connectivity index (χ3v) is 11.8. The third-order valence-electron chi connectivity index (χ3n) is 7.72. The Bertz CT molecular complexity index is 766. The molecule has 0 radical (unpaired) electrons. The van der Waals surface area contributed by atoms with Gasteiger partial charge in [0.2, 0.25) is 0 Å². The number of carboxylic acid groups (broad SMARTS) is 2. The molecule has 0 rings (SSSR count). The van der Waals surface area contributed by atoms with Gasteiger partial charge in [0.25, 0.3) is 0 Å². The number of hydrogen-bond donors (Lipinski definition) is 2. The fraction of sp³-hybridized carbons (Fsp3) is 0.800. The first-order valence-corrected chi connectivity index (χ1v) is 23.8. The number of ether oxygens (including phenoxy) is 2. The molecule has 0 bridgehead atoms. The van der Waals surface area contributed by atoms with E-state index in [4.69, 9.17) is 19.7 Å². The molecule has 0 heterocycles. The van der Waals surface area contributed by atoms with Crippen LogP contribution < -0.4 is 10.2 Å². The van der Waals surface area contributed by atoms with Gasteiger partial charge in [0.05, 0.1) is 25.2 Å². The van der Waals surface area contributed by atoms with E-state index in [1.54, 1.807) is 8.87 Å². The Hall–Kier alpha value is -1.92. The molecule has 0 aliphatic heterocycles. The maximum Gasteiger partial charge on any atom is 0.330 e. The molecule has 0 aromatic rings. The van der Waals surface area contributed by atoms with E-state index >= 15 is 0 Å². The Morgan fingerprint density at radius 2 is 0.725 bits per heavy atom. The Kier molecular flexibility index (Phi) is 50.4. The van der Waals surface area contributed by atoms with E-state index in [0.717, 1.165) is 76.4 Å². The molecule has 0 saturated carbocycles. The van der Waals surface area contributed by atoms with E-state index in [-0.39, 0.29) is 21.1 Å². The van der Waals surface area contributed by atoms with Crippen molar-refractivity contribution in [2.75, 3.05) is 26.4 Å². The van der Waals surface area contributed by atoms with Crippen molar-refractivity contribution in [1.29, 1.82) is 0 Å². The van der Waals surface area contributed by atoms with Gasteiger partial charge in [0, 0.05) is 25.4 Å². The summed E-state index contributed by atoms with van der Waals surface area (Å²) in [6.45, 7) is 5.84. The molecular weight excluding hydrogens is 759 g/mol. The summed E-state index contributed by atoms with van der Waals surface area (Å²) in [7, 11) is 0. The molecule has 0 aromatic heterocycles. The monoisotopic (exact) mass is 832 g/mol. The van der Waals surface area contributed by atoms with Crippen LogP contribution in [0.25, 0.3) is 0 Å². The summed E-state index contributed by atoms with van der Waals surface area (Å²) in [5.74, 6) is -4.07. The van der Waals surface area contributed by atoms with Gasteiger partial charge in [0.1, 0.15) is 0 Å². The molecule has 0 aromatic carbocycles. The summed E-state index contributed by atoms with van der Waals surface area (Å²) < 4.78 is 12.9. The van der Waals surface area contributed by atoms with E-state index in [0.29, 0.717) is 38.6 Å². The van der Waals surface area contributed by atoms with Crippen molar-refractivity contribution in [1.82, 2.24) is 0 Å². The first-order valence-electron chi connectivity index (χ1n) is 19.8. The van der Waals surface area contributed by atoms with E-state index in [9.17, 15) is 29.4 Å². The topological polar surface area (TPSA) is 173 Å². The normalized spacial score (nSPS) is 10.6. The van der Waals surface area contributed by atoms with Crippen LogP contribution in [0.5, 0.6) is 0 Å². The minimum Gasteiger partial charge on any atom is -0.545 e. The van der Waals surface area contributed by atoms with E-state index in [2.05, 4.69) is 13.8 Å². The summed E-state index contributed by atoms with van der Waals surface area (Å²) in [5, 5.41) is 37.4. The molecule has 11 heteroatoms. The number of carboxylic acids is 2. The summed E-state index contributed by atoms with van der Waals surface area (Å²) in [6.07, 6.45) is 31.1. The van der Waals surface area contributed by atoms with Crippen molar-refractivity contribution >= 4 is 45.0 Å². The Balaban J connectivity index is -0.000000731. The van der Waals surface area contributed by atoms with Gasteiger partial charge in [-0.3, -0.25) is 0 Å². The molecule has 10 nitrogen and oxygen atoms in total. The molecule has 0 atom stereocenters. The number of hydrogen-bond acceptors (Lipinski definition) is 10. The SMILES string of the molecule is CCC[CH2][Sn+2][CH2]CCC.O=C([O-])/C=C\C(=O)OCCCCCCCCCCCCO.O=C([O-])/C=C\C(=O)OCCCCCCCCCCCCO. The molecule has 2 N–H and O–H groups in total. The second kappa shape index (κ2) is 48.1. The minimum absolute atomic E-state index is 0.149. The smallest absolute Gasteiger partial charge is 0.330 e. The number of aliphatic hydroxyl groups excluding tert-OH is 2. The molecule has 51 heavy (non-hydrogen) atoms. The molecule has 0 aliphatic rings. The van der Waals surface area contributed by atoms with Gasteiger partial charge >= 0.3 is 81.5 Å². The first kappa shape index (κ1) is 53.4. The second-order valence-corrected chi connectivity index (χ2v) is 16.9. The van der Waals surface area contributed by atoms with Gasteiger partial charge in [-0.25, -0.2) is 9.59 Å². The number of carbonyl (C=O) groups is 4. The van der Waals surface area contributed by atoms with Crippen molar-refractivity contribution in [3.05, 3.63) is 24.3 Å². The maximum absolute atomic E-state index is 11.0. The van der Waals surface area contributed by atoms with Gasteiger partial charge in [0.15, 0.2) is 0 Å². The Morgan fingerprint density at radius 3 is 0.980 bits per heavy atom. The number of aliphatic hydroxyl groups is 2. The zero-order valence-electron chi connectivity index (χ0n) is 32.2. The fourth-order valence-electron chi connectivity index (χ4n) is 4.70. The molecule has 0 amide bonds. The van der Waals surface area contributed by atoms with Gasteiger partial charge in [-0.2, -0.15) is 0 Å². The second-order valence-electron chi connectivity index (χ2n) is 12.6. The summed E-state index contributed by atoms with van der Waals surface area (Å²) >= 11 is 0.149. The molecular formula is C40H72O10Sn. The molecule has 0 saturated heterocycles. The summed E-state index contributed by atoms with van der Waals surface area (Å²) in [5.41, 5.74) is 0. The van der Waals surface area contributed by atoms with Crippen LogP contribution in [0.4, 0.5) is 0 Å². The third kappa shape index (κ3) is 57.7. The Morgan fingerprint density at radius 1 is 0.451 bits per heavy atom. The van der Waals surface area contributed by atoms with E-state index in [1.807, 2.05) is 0 Å². The number of carbonyl (C=O) groups excluding carboxylic acids is 4. The first-order chi connectivity index (χ1) is 24.7. The molecule has 0 aliphatic carbocycles. The molecule has 0 unspecified atom stereocenters.